The summed E-state index contributed by atoms with van der Waals surface area (Å²) in [5.74, 6) is -0.203. The third-order valence-electron chi connectivity index (χ3n) is 2.55. The molecule has 0 bridgehead atoms. The molecule has 1 amide bonds. The highest BCUT2D eigenvalue weighted by atomic mass is 16.2. The molecule has 0 atom stereocenters. The van der Waals surface area contributed by atoms with Crippen LogP contribution in [0.4, 0.5) is 5.69 Å². The molecule has 0 saturated carbocycles. The second-order valence-corrected chi connectivity index (χ2v) is 3.74. The predicted molar refractivity (Wildman–Crippen MR) is 68.1 cm³/mol. The lowest BCUT2D eigenvalue weighted by molar-refractivity contribution is 0.0988. The number of anilines is 1. The highest BCUT2D eigenvalue weighted by Crippen LogP contribution is 2.16. The molecule has 1 aromatic carbocycles. The van der Waals surface area contributed by atoms with Gasteiger partial charge in [-0.1, -0.05) is 12.1 Å². The van der Waals surface area contributed by atoms with E-state index in [4.69, 9.17) is 5.26 Å². The van der Waals surface area contributed by atoms with E-state index in [1.165, 1.54) is 4.90 Å². The standard InChI is InChI=1S/C14H11N3O/c1-17(12-6-4-5-11(9-12)10-15)14(18)13-7-2-3-8-16-13/h2-9H,1H3. The van der Waals surface area contributed by atoms with Crippen molar-refractivity contribution in [3.63, 3.8) is 0 Å². The first kappa shape index (κ1) is 11.8. The summed E-state index contributed by atoms with van der Waals surface area (Å²) in [6, 6.07) is 14.1. The molecular weight excluding hydrogens is 226 g/mol. The first-order valence-electron chi connectivity index (χ1n) is 5.41. The molecule has 1 aromatic heterocycles. The van der Waals surface area contributed by atoms with Gasteiger partial charge in [0.1, 0.15) is 5.69 Å². The molecule has 0 saturated heterocycles. The molecular formula is C14H11N3O. The fourth-order valence-electron chi connectivity index (χ4n) is 1.56. The van der Waals surface area contributed by atoms with Crippen LogP contribution in [-0.2, 0) is 0 Å². The molecule has 4 nitrogen and oxygen atoms in total. The third-order valence-corrected chi connectivity index (χ3v) is 2.55. The van der Waals surface area contributed by atoms with E-state index >= 15 is 0 Å². The maximum absolute atomic E-state index is 12.1. The molecule has 0 aliphatic heterocycles. The number of nitriles is 1. The minimum atomic E-state index is -0.203. The van der Waals surface area contributed by atoms with E-state index in [9.17, 15) is 4.79 Å². The number of nitrogens with zero attached hydrogens (tertiary/aromatic N) is 3. The number of carbonyl (C=O) groups is 1. The van der Waals surface area contributed by atoms with Gasteiger partial charge in [0.05, 0.1) is 11.6 Å². The van der Waals surface area contributed by atoms with Gasteiger partial charge in [0.25, 0.3) is 5.91 Å². The van der Waals surface area contributed by atoms with Crippen molar-refractivity contribution in [3.8, 4) is 6.07 Å². The number of hydrogen-bond acceptors (Lipinski definition) is 3. The molecule has 2 rings (SSSR count). The summed E-state index contributed by atoms with van der Waals surface area (Å²) in [5.41, 5.74) is 1.57. The van der Waals surface area contributed by atoms with Crippen molar-refractivity contribution in [1.29, 1.82) is 5.26 Å². The van der Waals surface area contributed by atoms with Crippen LogP contribution in [0.5, 0.6) is 0 Å². The number of hydrogen-bond donors (Lipinski definition) is 0. The Morgan fingerprint density at radius 2 is 2.11 bits per heavy atom. The molecule has 0 unspecified atom stereocenters. The Morgan fingerprint density at radius 1 is 1.28 bits per heavy atom. The van der Waals surface area contributed by atoms with Crippen molar-refractivity contribution in [2.45, 2.75) is 0 Å². The molecule has 88 valence electrons. The summed E-state index contributed by atoms with van der Waals surface area (Å²) in [6.45, 7) is 0. The van der Waals surface area contributed by atoms with Gasteiger partial charge >= 0.3 is 0 Å². The average molecular weight is 237 g/mol. The Bertz CT molecular complexity index is 602. The van der Waals surface area contributed by atoms with Crippen LogP contribution >= 0.6 is 0 Å². The summed E-state index contributed by atoms with van der Waals surface area (Å²) in [5, 5.41) is 8.83. The lowest BCUT2D eigenvalue weighted by Crippen LogP contribution is -2.26. The van der Waals surface area contributed by atoms with Crippen molar-refractivity contribution in [1.82, 2.24) is 4.98 Å². The van der Waals surface area contributed by atoms with E-state index in [0.29, 0.717) is 16.9 Å². The van der Waals surface area contributed by atoms with Crippen LogP contribution in [0, 0.1) is 11.3 Å². The number of carbonyl (C=O) groups excluding carboxylic acids is 1. The van der Waals surface area contributed by atoms with Gasteiger partial charge in [-0.25, -0.2) is 0 Å². The van der Waals surface area contributed by atoms with E-state index in [2.05, 4.69) is 4.98 Å². The number of pyridine rings is 1. The second kappa shape index (κ2) is 5.11. The second-order valence-electron chi connectivity index (χ2n) is 3.74. The molecule has 18 heavy (non-hydrogen) atoms. The van der Waals surface area contributed by atoms with Crippen molar-refractivity contribution >= 4 is 11.6 Å². The zero-order chi connectivity index (χ0) is 13.0. The highest BCUT2D eigenvalue weighted by molar-refractivity contribution is 6.04. The molecule has 0 fully saturated rings. The van der Waals surface area contributed by atoms with E-state index in [1.807, 2.05) is 6.07 Å². The normalized spacial score (nSPS) is 9.56. The van der Waals surface area contributed by atoms with E-state index < -0.39 is 0 Å². The predicted octanol–water partition coefficient (Wildman–Crippen LogP) is 2.23. The largest absolute Gasteiger partial charge is 0.310 e. The van der Waals surface area contributed by atoms with E-state index in [0.717, 1.165) is 0 Å². The van der Waals surface area contributed by atoms with Gasteiger partial charge in [0.15, 0.2) is 0 Å². The maximum Gasteiger partial charge on any atom is 0.276 e. The van der Waals surface area contributed by atoms with E-state index in [-0.39, 0.29) is 5.91 Å². The Labute approximate surface area is 105 Å². The third kappa shape index (κ3) is 2.36. The van der Waals surface area contributed by atoms with Crippen LogP contribution < -0.4 is 4.90 Å². The Morgan fingerprint density at radius 3 is 2.78 bits per heavy atom. The minimum absolute atomic E-state index is 0.203. The molecule has 4 heteroatoms. The van der Waals surface area contributed by atoms with Crippen molar-refractivity contribution in [3.05, 3.63) is 59.9 Å². The zero-order valence-corrected chi connectivity index (χ0v) is 9.87. The van der Waals surface area contributed by atoms with Crippen LogP contribution in [0.1, 0.15) is 16.1 Å². The van der Waals surface area contributed by atoms with Crippen LogP contribution in [0.25, 0.3) is 0 Å². The number of amides is 1. The Kier molecular flexibility index (Phi) is 3.35. The van der Waals surface area contributed by atoms with Crippen LogP contribution in [0.15, 0.2) is 48.7 Å². The van der Waals surface area contributed by atoms with Crippen molar-refractivity contribution in [2.24, 2.45) is 0 Å². The van der Waals surface area contributed by atoms with Crippen molar-refractivity contribution < 1.29 is 4.79 Å². The first-order valence-corrected chi connectivity index (χ1v) is 5.41. The topological polar surface area (TPSA) is 57.0 Å². The highest BCUT2D eigenvalue weighted by Gasteiger charge is 2.14. The van der Waals surface area contributed by atoms with Crippen LogP contribution in [0.2, 0.25) is 0 Å². The molecule has 0 aliphatic carbocycles. The van der Waals surface area contributed by atoms with Gasteiger partial charge in [0.2, 0.25) is 0 Å². The van der Waals surface area contributed by atoms with Gasteiger partial charge in [-0.05, 0) is 30.3 Å². The lowest BCUT2D eigenvalue weighted by atomic mass is 10.2. The van der Waals surface area contributed by atoms with Gasteiger partial charge in [-0.3, -0.25) is 9.78 Å². The molecule has 0 N–H and O–H groups in total. The molecule has 0 aliphatic rings. The SMILES string of the molecule is CN(C(=O)c1ccccn1)c1cccc(C#N)c1. The summed E-state index contributed by atoms with van der Waals surface area (Å²) in [4.78, 5) is 17.6. The average Bonchev–Trinajstić information content (AvgIpc) is 2.46. The lowest BCUT2D eigenvalue weighted by Gasteiger charge is -2.16. The monoisotopic (exact) mass is 237 g/mol. The molecule has 0 spiro atoms. The fourth-order valence-corrected chi connectivity index (χ4v) is 1.56. The summed E-state index contributed by atoms with van der Waals surface area (Å²) in [6.07, 6.45) is 1.58. The minimum Gasteiger partial charge on any atom is -0.310 e. The quantitative estimate of drug-likeness (QED) is 0.804. The van der Waals surface area contributed by atoms with Gasteiger partial charge in [-0.15, -0.1) is 0 Å². The summed E-state index contributed by atoms with van der Waals surface area (Å²) < 4.78 is 0. The molecule has 1 heterocycles. The van der Waals surface area contributed by atoms with E-state index in [1.54, 1.807) is 55.7 Å². The molecule has 2 aromatic rings. The van der Waals surface area contributed by atoms with Gasteiger partial charge in [0, 0.05) is 18.9 Å². The van der Waals surface area contributed by atoms with Crippen molar-refractivity contribution in [2.75, 3.05) is 11.9 Å². The zero-order valence-electron chi connectivity index (χ0n) is 9.87. The van der Waals surface area contributed by atoms with Crippen LogP contribution in [-0.4, -0.2) is 17.9 Å². The summed E-state index contributed by atoms with van der Waals surface area (Å²) >= 11 is 0. The Hall–Kier alpha value is -2.67. The smallest absolute Gasteiger partial charge is 0.276 e. The van der Waals surface area contributed by atoms with Gasteiger partial charge in [-0.2, -0.15) is 5.26 Å². The number of benzene rings is 1. The number of rotatable bonds is 2. The van der Waals surface area contributed by atoms with Crippen LogP contribution in [0.3, 0.4) is 0 Å². The van der Waals surface area contributed by atoms with Gasteiger partial charge < -0.3 is 4.90 Å². The molecule has 0 radical (unpaired) electrons. The Balaban J connectivity index is 2.29. The fraction of sp³-hybridized carbons (Fsp3) is 0.0714. The first-order chi connectivity index (χ1) is 8.72. The number of aromatic nitrogens is 1. The maximum atomic E-state index is 12.1. The summed E-state index contributed by atoms with van der Waals surface area (Å²) in [7, 11) is 1.66.